The third-order valence-electron chi connectivity index (χ3n) is 4.84. The van der Waals surface area contributed by atoms with E-state index in [0.29, 0.717) is 7.28 Å². The Morgan fingerprint density at radius 1 is 0.920 bits per heavy atom. The van der Waals surface area contributed by atoms with Gasteiger partial charge in [0.05, 0.1) is 0 Å². The number of hydrogen-bond donors (Lipinski definition) is 2. The first-order valence-electron chi connectivity index (χ1n) is 8.61. The van der Waals surface area contributed by atoms with Crippen LogP contribution in [0, 0.1) is 0 Å². The SMILES string of the molecule is Oc1cccc(Bc2ccc3c(c2)CCN3Cc2ccccc2)c1O. The predicted octanol–water partition coefficient (Wildman–Crippen LogP) is 2.05. The fraction of sp³-hybridized carbons (Fsp3) is 0.143. The molecular formula is C21H20BNO2. The van der Waals surface area contributed by atoms with E-state index in [1.807, 2.05) is 12.1 Å². The molecular weight excluding hydrogens is 309 g/mol. The van der Waals surface area contributed by atoms with Gasteiger partial charge < -0.3 is 15.1 Å². The predicted molar refractivity (Wildman–Crippen MR) is 104 cm³/mol. The normalized spacial score (nSPS) is 12.9. The molecule has 3 nitrogen and oxygen atoms in total. The highest BCUT2D eigenvalue weighted by Crippen LogP contribution is 2.28. The highest BCUT2D eigenvalue weighted by molar-refractivity contribution is 6.68. The van der Waals surface area contributed by atoms with Gasteiger partial charge >= 0.3 is 0 Å². The van der Waals surface area contributed by atoms with Crippen LogP contribution in [0.1, 0.15) is 11.1 Å². The maximum absolute atomic E-state index is 10.0. The van der Waals surface area contributed by atoms with Gasteiger partial charge in [-0.2, -0.15) is 0 Å². The monoisotopic (exact) mass is 329 g/mol. The molecule has 1 aliphatic heterocycles. The second-order valence-electron chi connectivity index (χ2n) is 6.58. The number of rotatable bonds is 4. The smallest absolute Gasteiger partial charge is 0.197 e. The van der Waals surface area contributed by atoms with Crippen LogP contribution in [0.4, 0.5) is 5.69 Å². The molecule has 1 aliphatic rings. The molecule has 0 spiro atoms. The maximum atomic E-state index is 10.0. The summed E-state index contributed by atoms with van der Waals surface area (Å²) in [5.41, 5.74) is 5.88. The number of nitrogens with zero attached hydrogens (tertiary/aromatic N) is 1. The third kappa shape index (κ3) is 3.20. The van der Waals surface area contributed by atoms with E-state index < -0.39 is 0 Å². The van der Waals surface area contributed by atoms with E-state index in [4.69, 9.17) is 0 Å². The van der Waals surface area contributed by atoms with E-state index in [0.717, 1.165) is 30.4 Å². The lowest BCUT2D eigenvalue weighted by Crippen LogP contribution is -2.27. The van der Waals surface area contributed by atoms with E-state index in [2.05, 4.69) is 47.4 Å². The summed E-state index contributed by atoms with van der Waals surface area (Å²) in [6.45, 7) is 1.96. The first kappa shape index (κ1) is 15.6. The van der Waals surface area contributed by atoms with Crippen molar-refractivity contribution < 1.29 is 10.2 Å². The second kappa shape index (κ2) is 6.56. The highest BCUT2D eigenvalue weighted by Gasteiger charge is 2.20. The van der Waals surface area contributed by atoms with Crippen LogP contribution in [-0.2, 0) is 13.0 Å². The Balaban J connectivity index is 1.54. The van der Waals surface area contributed by atoms with Crippen LogP contribution < -0.4 is 15.8 Å². The zero-order valence-corrected chi connectivity index (χ0v) is 14.0. The number of fused-ring (bicyclic) bond motifs is 1. The van der Waals surface area contributed by atoms with E-state index in [1.165, 1.54) is 22.9 Å². The summed E-state index contributed by atoms with van der Waals surface area (Å²) < 4.78 is 0. The van der Waals surface area contributed by atoms with Gasteiger partial charge in [0.25, 0.3) is 0 Å². The molecule has 124 valence electrons. The topological polar surface area (TPSA) is 43.7 Å². The molecule has 0 aliphatic carbocycles. The van der Waals surface area contributed by atoms with Crippen molar-refractivity contribution in [3.63, 3.8) is 0 Å². The van der Waals surface area contributed by atoms with Gasteiger partial charge in [-0.1, -0.05) is 60.1 Å². The molecule has 0 bridgehead atoms. The molecule has 4 rings (SSSR count). The summed E-state index contributed by atoms with van der Waals surface area (Å²) in [5.74, 6) is -0.0820. The fourth-order valence-electron chi connectivity index (χ4n) is 3.54. The number of benzene rings is 3. The van der Waals surface area contributed by atoms with Crippen LogP contribution in [0.15, 0.2) is 66.7 Å². The van der Waals surface area contributed by atoms with Crippen molar-refractivity contribution in [1.82, 2.24) is 0 Å². The van der Waals surface area contributed by atoms with Gasteiger partial charge in [-0.25, -0.2) is 0 Å². The molecule has 25 heavy (non-hydrogen) atoms. The molecule has 3 aromatic carbocycles. The second-order valence-corrected chi connectivity index (χ2v) is 6.58. The zero-order chi connectivity index (χ0) is 17.2. The molecule has 0 unspecified atom stereocenters. The van der Waals surface area contributed by atoms with Crippen molar-refractivity contribution in [3.05, 3.63) is 77.9 Å². The Labute approximate surface area is 148 Å². The average Bonchev–Trinajstić information content (AvgIpc) is 3.02. The van der Waals surface area contributed by atoms with Crippen LogP contribution in [0.2, 0.25) is 0 Å². The third-order valence-corrected chi connectivity index (χ3v) is 4.84. The van der Waals surface area contributed by atoms with Crippen LogP contribution in [0.5, 0.6) is 11.5 Å². The summed E-state index contributed by atoms with van der Waals surface area (Å²) in [5, 5.41) is 19.7. The summed E-state index contributed by atoms with van der Waals surface area (Å²) in [4.78, 5) is 2.42. The molecule has 1 heterocycles. The lowest BCUT2D eigenvalue weighted by Gasteiger charge is -2.19. The quantitative estimate of drug-likeness (QED) is 0.569. The van der Waals surface area contributed by atoms with E-state index in [9.17, 15) is 10.2 Å². The minimum Gasteiger partial charge on any atom is -0.505 e. The Kier molecular flexibility index (Phi) is 4.10. The van der Waals surface area contributed by atoms with Crippen molar-refractivity contribution in [3.8, 4) is 11.5 Å². The zero-order valence-electron chi connectivity index (χ0n) is 14.0. The minimum atomic E-state index is -0.0623. The van der Waals surface area contributed by atoms with Crippen molar-refractivity contribution in [1.29, 1.82) is 0 Å². The van der Waals surface area contributed by atoms with Crippen LogP contribution in [0.25, 0.3) is 0 Å². The molecule has 0 fully saturated rings. The van der Waals surface area contributed by atoms with Crippen molar-refractivity contribution in [2.24, 2.45) is 0 Å². The van der Waals surface area contributed by atoms with Crippen LogP contribution in [-0.4, -0.2) is 24.0 Å². The van der Waals surface area contributed by atoms with Crippen molar-refractivity contribution in [2.75, 3.05) is 11.4 Å². The van der Waals surface area contributed by atoms with Crippen molar-refractivity contribution >= 4 is 23.9 Å². The lowest BCUT2D eigenvalue weighted by molar-refractivity contribution is 0.406. The van der Waals surface area contributed by atoms with E-state index >= 15 is 0 Å². The minimum absolute atomic E-state index is 0.0197. The molecule has 0 saturated carbocycles. The highest BCUT2D eigenvalue weighted by atomic mass is 16.3. The van der Waals surface area contributed by atoms with Gasteiger partial charge in [0.15, 0.2) is 18.8 Å². The largest absolute Gasteiger partial charge is 0.505 e. The number of para-hydroxylation sites is 1. The number of hydrogen-bond acceptors (Lipinski definition) is 3. The van der Waals surface area contributed by atoms with Gasteiger partial charge in [0, 0.05) is 18.8 Å². The molecule has 3 aromatic rings. The molecule has 2 N–H and O–H groups in total. The summed E-state index contributed by atoms with van der Waals surface area (Å²) >= 11 is 0. The molecule has 4 heteroatoms. The molecule has 0 saturated heterocycles. The standard InChI is InChI=1S/C21H20BNO2/c24-20-8-4-7-18(21(20)25)22-17-9-10-19-16(13-17)11-12-23(19)14-15-5-2-1-3-6-15/h1-10,13,22,24-25H,11-12,14H2. The van der Waals surface area contributed by atoms with Gasteiger partial charge in [-0.05, 0) is 35.1 Å². The number of phenols is 2. The Morgan fingerprint density at radius 2 is 1.76 bits per heavy atom. The molecule has 0 amide bonds. The number of aromatic hydroxyl groups is 2. The molecule has 0 atom stereocenters. The first-order valence-corrected chi connectivity index (χ1v) is 8.61. The van der Waals surface area contributed by atoms with Crippen LogP contribution in [0.3, 0.4) is 0 Å². The van der Waals surface area contributed by atoms with Gasteiger partial charge in [0.1, 0.15) is 0 Å². The van der Waals surface area contributed by atoms with Gasteiger partial charge in [0.2, 0.25) is 0 Å². The molecule has 0 radical (unpaired) electrons. The first-order chi connectivity index (χ1) is 12.2. The van der Waals surface area contributed by atoms with E-state index in [1.54, 1.807) is 6.07 Å². The summed E-state index contributed by atoms with van der Waals surface area (Å²) in [7, 11) is 0.617. The Bertz CT molecular complexity index is 896. The Hall–Kier alpha value is -2.88. The maximum Gasteiger partial charge on any atom is 0.197 e. The van der Waals surface area contributed by atoms with Crippen molar-refractivity contribution in [2.45, 2.75) is 13.0 Å². The van der Waals surface area contributed by atoms with Gasteiger partial charge in [-0.3, -0.25) is 0 Å². The number of anilines is 1. The fourth-order valence-corrected chi connectivity index (χ4v) is 3.54. The summed E-state index contributed by atoms with van der Waals surface area (Å²) in [6, 6.07) is 22.2. The lowest BCUT2D eigenvalue weighted by atomic mass is 9.63. The van der Waals surface area contributed by atoms with Crippen LogP contribution >= 0.6 is 0 Å². The Morgan fingerprint density at radius 3 is 2.60 bits per heavy atom. The van der Waals surface area contributed by atoms with Gasteiger partial charge in [-0.15, -0.1) is 0 Å². The molecule has 0 aromatic heterocycles. The summed E-state index contributed by atoms with van der Waals surface area (Å²) in [6.07, 6.45) is 1.04. The average molecular weight is 329 g/mol. The van der Waals surface area contributed by atoms with E-state index in [-0.39, 0.29) is 11.5 Å². The number of phenolic OH excluding ortho intramolecular Hbond substituents is 2.